The van der Waals surface area contributed by atoms with E-state index in [-0.39, 0.29) is 22.6 Å². The van der Waals surface area contributed by atoms with Gasteiger partial charge in [0.25, 0.3) is 0 Å². The number of nitrogens with one attached hydrogen (secondary N) is 1. The molecule has 0 saturated heterocycles. The van der Waals surface area contributed by atoms with Crippen molar-refractivity contribution in [2.24, 2.45) is 0 Å². The van der Waals surface area contributed by atoms with Crippen LogP contribution in [0.3, 0.4) is 0 Å². The van der Waals surface area contributed by atoms with Crippen LogP contribution in [0.1, 0.15) is 27.6 Å². The number of carbonyl (C=O) groups excluding carboxylic acids is 3. The highest BCUT2D eigenvalue weighted by atomic mass is 35.5. The zero-order valence-electron chi connectivity index (χ0n) is 18.1. The first-order valence-electron chi connectivity index (χ1n) is 9.81. The van der Waals surface area contributed by atoms with Crippen molar-refractivity contribution in [2.45, 2.75) is 18.6 Å². The first-order valence-corrected chi connectivity index (χ1v) is 11.2. The number of esters is 2. The molecule has 0 atom stereocenters. The van der Waals surface area contributed by atoms with Gasteiger partial charge in [-0.05, 0) is 37.3 Å². The molecule has 0 aliphatic carbocycles. The molecule has 1 aromatic heterocycles. The van der Waals surface area contributed by atoms with E-state index in [0.29, 0.717) is 22.5 Å². The molecule has 0 saturated carbocycles. The van der Waals surface area contributed by atoms with Crippen molar-refractivity contribution < 1.29 is 23.9 Å². The largest absolute Gasteiger partial charge is 0.465 e. The minimum atomic E-state index is -0.649. The number of carbonyl (C=O) groups is 3. The summed E-state index contributed by atoms with van der Waals surface area (Å²) in [6, 6.07) is 11.5. The smallest absolute Gasteiger partial charge is 0.339 e. The van der Waals surface area contributed by atoms with E-state index in [9.17, 15) is 14.4 Å². The molecule has 3 aromatic rings. The van der Waals surface area contributed by atoms with Crippen molar-refractivity contribution in [1.82, 2.24) is 14.8 Å². The number of ether oxygens (including phenoxy) is 2. The quantitative estimate of drug-likeness (QED) is 0.375. The zero-order chi connectivity index (χ0) is 24.0. The maximum absolute atomic E-state index is 12.7. The summed E-state index contributed by atoms with van der Waals surface area (Å²) < 4.78 is 11.3. The second kappa shape index (κ2) is 11.0. The molecule has 3 rings (SSSR count). The number of hydrogen-bond donors (Lipinski definition) is 1. The molecule has 0 aliphatic rings. The SMILES string of the molecule is CCn1c(SCC(=O)Nc2cc(C(=O)OC)ccc2C(=O)OC)nnc1-c1ccccc1Cl. The van der Waals surface area contributed by atoms with Crippen LogP contribution in [0.2, 0.25) is 5.02 Å². The van der Waals surface area contributed by atoms with Crippen molar-refractivity contribution in [3.8, 4) is 11.4 Å². The molecule has 1 amide bonds. The highest BCUT2D eigenvalue weighted by Gasteiger charge is 2.19. The van der Waals surface area contributed by atoms with Crippen LogP contribution in [0.25, 0.3) is 11.4 Å². The molecule has 33 heavy (non-hydrogen) atoms. The summed E-state index contributed by atoms with van der Waals surface area (Å²) in [5, 5.41) is 12.2. The van der Waals surface area contributed by atoms with Crippen LogP contribution in [-0.4, -0.2) is 52.6 Å². The molecule has 0 unspecified atom stereocenters. The summed E-state index contributed by atoms with van der Waals surface area (Å²) in [4.78, 5) is 36.6. The number of rotatable bonds is 8. The Morgan fingerprint density at radius 2 is 1.79 bits per heavy atom. The molecule has 0 aliphatic heterocycles. The lowest BCUT2D eigenvalue weighted by Crippen LogP contribution is -2.18. The highest BCUT2D eigenvalue weighted by Crippen LogP contribution is 2.29. The van der Waals surface area contributed by atoms with Crippen molar-refractivity contribution >= 4 is 46.9 Å². The van der Waals surface area contributed by atoms with Gasteiger partial charge in [-0.2, -0.15) is 0 Å². The molecule has 1 N–H and O–H groups in total. The van der Waals surface area contributed by atoms with Gasteiger partial charge in [-0.1, -0.05) is 35.5 Å². The molecule has 0 radical (unpaired) electrons. The van der Waals surface area contributed by atoms with Crippen molar-refractivity contribution in [3.05, 3.63) is 58.6 Å². The number of amides is 1. The minimum absolute atomic E-state index is 0.0102. The second-order valence-electron chi connectivity index (χ2n) is 6.61. The predicted octanol–water partition coefficient (Wildman–Crippen LogP) is 3.92. The van der Waals surface area contributed by atoms with Gasteiger partial charge in [-0.15, -0.1) is 10.2 Å². The van der Waals surface area contributed by atoms with Crippen molar-refractivity contribution in [2.75, 3.05) is 25.3 Å². The number of nitrogens with zero attached hydrogens (tertiary/aromatic N) is 3. The summed E-state index contributed by atoms with van der Waals surface area (Å²) >= 11 is 7.47. The molecule has 2 aromatic carbocycles. The van der Waals surface area contributed by atoms with Crippen molar-refractivity contribution in [1.29, 1.82) is 0 Å². The number of anilines is 1. The number of benzene rings is 2. The van der Waals surface area contributed by atoms with Crippen LogP contribution in [0.15, 0.2) is 47.6 Å². The summed E-state index contributed by atoms with van der Waals surface area (Å²) in [6.07, 6.45) is 0. The Hall–Kier alpha value is -3.37. The van der Waals surface area contributed by atoms with E-state index >= 15 is 0 Å². The van der Waals surface area contributed by atoms with Gasteiger partial charge in [-0.3, -0.25) is 4.79 Å². The normalized spacial score (nSPS) is 10.5. The molecule has 0 spiro atoms. The fourth-order valence-corrected chi connectivity index (χ4v) is 4.04. The summed E-state index contributed by atoms with van der Waals surface area (Å²) in [7, 11) is 2.47. The summed E-state index contributed by atoms with van der Waals surface area (Å²) in [6.45, 7) is 2.51. The second-order valence-corrected chi connectivity index (χ2v) is 7.96. The molecule has 172 valence electrons. The predicted molar refractivity (Wildman–Crippen MR) is 125 cm³/mol. The monoisotopic (exact) mass is 488 g/mol. The van der Waals surface area contributed by atoms with Crippen LogP contribution in [-0.2, 0) is 20.8 Å². The van der Waals surface area contributed by atoms with Crippen LogP contribution in [0, 0.1) is 0 Å². The van der Waals surface area contributed by atoms with Crippen LogP contribution >= 0.6 is 23.4 Å². The minimum Gasteiger partial charge on any atom is -0.465 e. The van der Waals surface area contributed by atoms with E-state index in [1.807, 2.05) is 29.7 Å². The third-order valence-electron chi connectivity index (χ3n) is 4.60. The van der Waals surface area contributed by atoms with Gasteiger partial charge < -0.3 is 19.4 Å². The molecule has 0 fully saturated rings. The third kappa shape index (κ3) is 5.52. The first-order chi connectivity index (χ1) is 15.9. The lowest BCUT2D eigenvalue weighted by Gasteiger charge is -2.12. The Morgan fingerprint density at radius 3 is 2.45 bits per heavy atom. The number of thioether (sulfide) groups is 1. The van der Waals surface area contributed by atoms with E-state index in [4.69, 9.17) is 21.1 Å². The average Bonchev–Trinajstić information content (AvgIpc) is 3.24. The fraction of sp³-hybridized carbons (Fsp3) is 0.227. The topological polar surface area (TPSA) is 112 Å². The number of hydrogen-bond acceptors (Lipinski definition) is 8. The number of methoxy groups -OCH3 is 2. The van der Waals surface area contributed by atoms with Crippen LogP contribution in [0.4, 0.5) is 5.69 Å². The molecule has 11 heteroatoms. The summed E-state index contributed by atoms with van der Waals surface area (Å²) in [5.41, 5.74) is 1.18. The Kier molecular flexibility index (Phi) is 8.07. The van der Waals surface area contributed by atoms with Gasteiger partial charge in [0.15, 0.2) is 11.0 Å². The maximum atomic E-state index is 12.7. The highest BCUT2D eigenvalue weighted by molar-refractivity contribution is 7.99. The van der Waals surface area contributed by atoms with Gasteiger partial charge in [0.2, 0.25) is 5.91 Å². The van der Waals surface area contributed by atoms with Crippen LogP contribution in [0.5, 0.6) is 0 Å². The Balaban J connectivity index is 1.78. The van der Waals surface area contributed by atoms with E-state index in [2.05, 4.69) is 15.5 Å². The van der Waals surface area contributed by atoms with Gasteiger partial charge in [-0.25, -0.2) is 9.59 Å². The van der Waals surface area contributed by atoms with E-state index in [1.165, 1.54) is 44.2 Å². The Morgan fingerprint density at radius 1 is 1.06 bits per heavy atom. The standard InChI is InChI=1S/C22H21ClN4O5S/c1-4-27-19(14-7-5-6-8-16(14)23)25-26-22(27)33-12-18(28)24-17-11-13(20(29)31-2)9-10-15(17)21(30)32-3/h5-11H,4,12H2,1-3H3,(H,24,28). The molecule has 0 bridgehead atoms. The lowest BCUT2D eigenvalue weighted by molar-refractivity contribution is -0.113. The average molecular weight is 489 g/mol. The third-order valence-corrected chi connectivity index (χ3v) is 5.90. The van der Waals surface area contributed by atoms with E-state index in [0.717, 1.165) is 5.56 Å². The molecular formula is C22H21ClN4O5S. The van der Waals surface area contributed by atoms with E-state index in [1.54, 1.807) is 6.07 Å². The van der Waals surface area contributed by atoms with Crippen molar-refractivity contribution in [3.63, 3.8) is 0 Å². The Labute approximate surface area is 199 Å². The van der Waals surface area contributed by atoms with Gasteiger partial charge >= 0.3 is 11.9 Å². The van der Waals surface area contributed by atoms with Gasteiger partial charge in [0.05, 0.1) is 41.8 Å². The lowest BCUT2D eigenvalue weighted by atomic mass is 10.1. The van der Waals surface area contributed by atoms with Gasteiger partial charge in [0.1, 0.15) is 0 Å². The Bertz CT molecular complexity index is 1200. The van der Waals surface area contributed by atoms with Crippen LogP contribution < -0.4 is 5.32 Å². The maximum Gasteiger partial charge on any atom is 0.339 e. The fourth-order valence-electron chi connectivity index (χ4n) is 3.02. The van der Waals surface area contributed by atoms with E-state index < -0.39 is 17.8 Å². The molecule has 1 heterocycles. The molecular weight excluding hydrogens is 468 g/mol. The zero-order valence-corrected chi connectivity index (χ0v) is 19.7. The first kappa shape index (κ1) is 24.3. The molecule has 9 nitrogen and oxygen atoms in total. The number of halogens is 1. The summed E-state index contributed by atoms with van der Waals surface area (Å²) in [5.74, 6) is -1.06. The number of aromatic nitrogens is 3. The van der Waals surface area contributed by atoms with Gasteiger partial charge in [0, 0.05) is 12.1 Å².